The average Bonchev–Trinajstić information content (AvgIpc) is 3.16. The number of aliphatic hydroxyl groups excluding tert-OH is 1. The van der Waals surface area contributed by atoms with Crippen molar-refractivity contribution in [2.24, 2.45) is 0 Å². The van der Waals surface area contributed by atoms with Gasteiger partial charge in [0, 0.05) is 6.54 Å². The summed E-state index contributed by atoms with van der Waals surface area (Å²) in [6.45, 7) is 5.76. The van der Waals surface area contributed by atoms with Gasteiger partial charge in [-0.2, -0.15) is 0 Å². The van der Waals surface area contributed by atoms with Gasteiger partial charge in [-0.25, -0.2) is 0 Å². The fourth-order valence-electron chi connectivity index (χ4n) is 4.36. The Morgan fingerprint density at radius 1 is 1.07 bits per heavy atom. The molecule has 4 atom stereocenters. The third-order valence-corrected chi connectivity index (χ3v) is 5.58. The minimum atomic E-state index is -0.583. The molecule has 5 heteroatoms. The van der Waals surface area contributed by atoms with Crippen LogP contribution in [0.3, 0.4) is 0 Å². The summed E-state index contributed by atoms with van der Waals surface area (Å²) in [6, 6.07) is 20.2. The molecule has 0 unspecified atom stereocenters. The van der Waals surface area contributed by atoms with Crippen LogP contribution in [0.5, 0.6) is 0 Å². The Morgan fingerprint density at radius 3 is 2.43 bits per heavy atom. The predicted molar refractivity (Wildman–Crippen MR) is 107 cm³/mol. The molecule has 28 heavy (non-hydrogen) atoms. The first kappa shape index (κ1) is 19.6. The van der Waals surface area contributed by atoms with E-state index in [0.29, 0.717) is 19.8 Å². The molecular weight excluding hydrogens is 354 g/mol. The van der Waals surface area contributed by atoms with E-state index in [0.717, 1.165) is 11.1 Å². The molecule has 0 amide bonds. The van der Waals surface area contributed by atoms with Gasteiger partial charge in [0.2, 0.25) is 0 Å². The average molecular weight is 383 g/mol. The molecule has 5 nitrogen and oxygen atoms in total. The number of benzene rings is 2. The van der Waals surface area contributed by atoms with Crippen molar-refractivity contribution in [2.45, 2.75) is 50.5 Å². The van der Waals surface area contributed by atoms with Crippen molar-refractivity contribution in [2.75, 3.05) is 19.8 Å². The number of nitrogens with zero attached hydrogens (tertiary/aromatic N) is 1. The van der Waals surface area contributed by atoms with Gasteiger partial charge in [-0.05, 0) is 25.0 Å². The van der Waals surface area contributed by atoms with Crippen molar-refractivity contribution in [3.05, 3.63) is 71.8 Å². The molecule has 0 bridgehead atoms. The molecule has 0 aromatic heterocycles. The molecule has 2 aromatic rings. The lowest BCUT2D eigenvalue weighted by molar-refractivity contribution is -0.168. The highest BCUT2D eigenvalue weighted by molar-refractivity contribution is 5.21. The topological polar surface area (TPSA) is 51.2 Å². The number of hydrogen-bond donors (Lipinski definition) is 1. The fourth-order valence-corrected chi connectivity index (χ4v) is 4.36. The lowest BCUT2D eigenvalue weighted by atomic mass is 10.0. The highest BCUT2D eigenvalue weighted by Crippen LogP contribution is 2.40. The van der Waals surface area contributed by atoms with Crippen LogP contribution in [0, 0.1) is 0 Å². The Hall–Kier alpha value is -1.76. The zero-order valence-electron chi connectivity index (χ0n) is 16.5. The van der Waals surface area contributed by atoms with E-state index >= 15 is 0 Å². The maximum atomic E-state index is 10.2. The molecule has 0 aliphatic carbocycles. The maximum absolute atomic E-state index is 10.2. The van der Waals surface area contributed by atoms with E-state index in [1.54, 1.807) is 0 Å². The molecular formula is C23H29NO4. The Labute approximate surface area is 166 Å². The molecule has 2 saturated heterocycles. The van der Waals surface area contributed by atoms with E-state index in [9.17, 15) is 5.11 Å². The van der Waals surface area contributed by atoms with E-state index in [-0.39, 0.29) is 30.9 Å². The lowest BCUT2D eigenvalue weighted by Gasteiger charge is -2.35. The third-order valence-electron chi connectivity index (χ3n) is 5.58. The molecule has 2 fully saturated rings. The molecule has 150 valence electrons. The van der Waals surface area contributed by atoms with Crippen molar-refractivity contribution in [3.63, 3.8) is 0 Å². The van der Waals surface area contributed by atoms with Crippen molar-refractivity contribution < 1.29 is 19.3 Å². The summed E-state index contributed by atoms with van der Waals surface area (Å²) in [5.41, 5.74) is 2.24. The smallest absolute Gasteiger partial charge is 0.163 e. The number of ether oxygens (including phenoxy) is 3. The summed E-state index contributed by atoms with van der Waals surface area (Å²) in [5, 5.41) is 10.2. The molecule has 0 saturated carbocycles. The van der Waals surface area contributed by atoms with Crippen LogP contribution in [-0.2, 0) is 20.8 Å². The Morgan fingerprint density at radius 2 is 1.75 bits per heavy atom. The normalized spacial score (nSPS) is 27.6. The van der Waals surface area contributed by atoms with Crippen molar-refractivity contribution in [1.29, 1.82) is 0 Å². The largest absolute Gasteiger partial charge is 0.394 e. The lowest BCUT2D eigenvalue weighted by Crippen LogP contribution is -2.44. The molecule has 0 spiro atoms. The first-order chi connectivity index (χ1) is 13.6. The summed E-state index contributed by atoms with van der Waals surface area (Å²) < 4.78 is 18.4. The van der Waals surface area contributed by atoms with Crippen LogP contribution in [0.25, 0.3) is 0 Å². The highest BCUT2D eigenvalue weighted by atomic mass is 16.8. The second-order valence-electron chi connectivity index (χ2n) is 8.01. The SMILES string of the molecule is CC1(C)O[C@H]2[C@@H](COCc3ccccc3)N([C@H](CO)c3ccccc3)C[C@H]2O1. The van der Waals surface area contributed by atoms with Gasteiger partial charge in [-0.3, -0.25) is 4.90 Å². The second-order valence-corrected chi connectivity index (χ2v) is 8.01. The zero-order valence-corrected chi connectivity index (χ0v) is 16.5. The van der Waals surface area contributed by atoms with Crippen LogP contribution >= 0.6 is 0 Å². The third kappa shape index (κ3) is 4.14. The molecule has 2 heterocycles. The summed E-state index contributed by atoms with van der Waals surface area (Å²) in [6.07, 6.45) is -0.0818. The summed E-state index contributed by atoms with van der Waals surface area (Å²) >= 11 is 0. The van der Waals surface area contributed by atoms with Crippen LogP contribution in [0.2, 0.25) is 0 Å². The van der Waals surface area contributed by atoms with E-state index in [1.807, 2.05) is 50.2 Å². The zero-order chi connectivity index (χ0) is 19.6. The van der Waals surface area contributed by atoms with Gasteiger partial charge in [-0.1, -0.05) is 60.7 Å². The monoisotopic (exact) mass is 383 g/mol. The van der Waals surface area contributed by atoms with Crippen molar-refractivity contribution in [1.82, 2.24) is 4.90 Å². The van der Waals surface area contributed by atoms with Gasteiger partial charge in [-0.15, -0.1) is 0 Å². The Kier molecular flexibility index (Phi) is 5.80. The molecule has 2 aliphatic rings. The summed E-state index contributed by atoms with van der Waals surface area (Å²) in [4.78, 5) is 2.28. The van der Waals surface area contributed by atoms with Gasteiger partial charge in [0.15, 0.2) is 5.79 Å². The first-order valence-corrected chi connectivity index (χ1v) is 9.96. The highest BCUT2D eigenvalue weighted by Gasteiger charge is 2.53. The first-order valence-electron chi connectivity index (χ1n) is 9.96. The number of fused-ring (bicyclic) bond motifs is 1. The van der Waals surface area contributed by atoms with Crippen molar-refractivity contribution >= 4 is 0 Å². The van der Waals surface area contributed by atoms with Crippen molar-refractivity contribution in [3.8, 4) is 0 Å². The second kappa shape index (κ2) is 8.31. The summed E-state index contributed by atoms with van der Waals surface area (Å²) in [7, 11) is 0. The number of hydrogen-bond acceptors (Lipinski definition) is 5. The van der Waals surface area contributed by atoms with Crippen LogP contribution < -0.4 is 0 Å². The molecule has 4 rings (SSSR count). The van der Waals surface area contributed by atoms with Gasteiger partial charge >= 0.3 is 0 Å². The van der Waals surface area contributed by atoms with Gasteiger partial charge in [0.1, 0.15) is 12.2 Å². The number of aliphatic hydroxyl groups is 1. The number of rotatable bonds is 7. The molecule has 2 aromatic carbocycles. The van der Waals surface area contributed by atoms with E-state index in [2.05, 4.69) is 29.2 Å². The van der Waals surface area contributed by atoms with Gasteiger partial charge < -0.3 is 19.3 Å². The van der Waals surface area contributed by atoms with E-state index in [4.69, 9.17) is 14.2 Å². The minimum Gasteiger partial charge on any atom is -0.394 e. The van der Waals surface area contributed by atoms with Crippen LogP contribution in [0.1, 0.15) is 31.0 Å². The van der Waals surface area contributed by atoms with E-state index in [1.165, 1.54) is 0 Å². The van der Waals surface area contributed by atoms with Crippen LogP contribution in [0.4, 0.5) is 0 Å². The standard InChI is InChI=1S/C23H29NO4/c1-23(2)27-21-13-24(19(14-25)18-11-7-4-8-12-18)20(22(21)28-23)16-26-15-17-9-5-3-6-10-17/h3-12,19-22,25H,13-16H2,1-2H3/t19-,20-,21-,22+/m1/s1. The number of likely N-dealkylation sites (tertiary alicyclic amines) is 1. The van der Waals surface area contributed by atoms with Gasteiger partial charge in [0.05, 0.1) is 31.9 Å². The van der Waals surface area contributed by atoms with Crippen LogP contribution in [-0.4, -0.2) is 53.8 Å². The Balaban J connectivity index is 1.51. The molecule has 1 N–H and O–H groups in total. The van der Waals surface area contributed by atoms with Crippen LogP contribution in [0.15, 0.2) is 60.7 Å². The maximum Gasteiger partial charge on any atom is 0.163 e. The Bertz CT molecular complexity index is 752. The molecule has 2 aliphatic heterocycles. The van der Waals surface area contributed by atoms with E-state index < -0.39 is 5.79 Å². The molecule has 0 radical (unpaired) electrons. The van der Waals surface area contributed by atoms with Gasteiger partial charge in [0.25, 0.3) is 0 Å². The quantitative estimate of drug-likeness (QED) is 0.796. The fraction of sp³-hybridized carbons (Fsp3) is 0.478. The summed E-state index contributed by atoms with van der Waals surface area (Å²) in [5.74, 6) is -0.583. The predicted octanol–water partition coefficient (Wildman–Crippen LogP) is 3.14. The minimum absolute atomic E-state index is 0.0157.